The number of aromatic nitrogens is 1. The molecule has 0 atom stereocenters. The number of nitrogens with zero attached hydrogens (tertiary/aromatic N) is 1. The number of carbonyl (C=O) groups is 1. The number of thiazole rings is 1. The van der Waals surface area contributed by atoms with Gasteiger partial charge in [-0.25, -0.2) is 18.1 Å². The second-order valence-corrected chi connectivity index (χ2v) is 9.37. The Balaban J connectivity index is 1.71. The number of amides is 1. The van der Waals surface area contributed by atoms with E-state index in [1.54, 1.807) is 13.0 Å². The molecule has 2 N–H and O–H groups in total. The zero-order valence-corrected chi connectivity index (χ0v) is 17.9. The Kier molecular flexibility index (Phi) is 6.77. The average Bonchev–Trinajstić information content (AvgIpc) is 3.14. The highest BCUT2D eigenvalue weighted by Gasteiger charge is 2.30. The third kappa shape index (κ3) is 5.90. The summed E-state index contributed by atoms with van der Waals surface area (Å²) in [5.41, 5.74) is -0.123. The van der Waals surface area contributed by atoms with Gasteiger partial charge in [-0.2, -0.15) is 13.2 Å². The van der Waals surface area contributed by atoms with Gasteiger partial charge >= 0.3 is 6.18 Å². The lowest BCUT2D eigenvalue weighted by atomic mass is 10.1. The molecule has 0 saturated heterocycles. The highest BCUT2D eigenvalue weighted by atomic mass is 32.2. The number of hydrogen-bond donors (Lipinski definition) is 2. The van der Waals surface area contributed by atoms with Gasteiger partial charge in [0.05, 0.1) is 10.5 Å². The largest absolute Gasteiger partial charge is 0.416 e. The highest BCUT2D eigenvalue weighted by molar-refractivity contribution is 7.89. The van der Waals surface area contributed by atoms with Crippen LogP contribution in [0, 0.1) is 0 Å². The third-order valence-electron chi connectivity index (χ3n) is 4.15. The number of benzene rings is 2. The summed E-state index contributed by atoms with van der Waals surface area (Å²) in [5.74, 6) is -0.548. The standard InChI is InChI=1S/C20H18F3N3O3S2/c1-2-25-31(28,29)17-8-4-6-14(11-17)18(27)26-19-24-12-16(30-19)10-13-5-3-7-15(9-13)20(21,22)23/h3-9,11-12,25H,2,10H2,1H3,(H,24,26,27). The quantitative estimate of drug-likeness (QED) is 0.540. The van der Waals surface area contributed by atoms with Crippen molar-refractivity contribution in [3.05, 3.63) is 76.3 Å². The van der Waals surface area contributed by atoms with E-state index in [1.165, 1.54) is 36.5 Å². The molecule has 11 heteroatoms. The van der Waals surface area contributed by atoms with Crippen molar-refractivity contribution in [3.63, 3.8) is 0 Å². The lowest BCUT2D eigenvalue weighted by Crippen LogP contribution is -2.23. The molecule has 3 rings (SSSR count). The van der Waals surface area contributed by atoms with E-state index >= 15 is 0 Å². The monoisotopic (exact) mass is 469 g/mol. The van der Waals surface area contributed by atoms with Crippen molar-refractivity contribution in [1.29, 1.82) is 0 Å². The topological polar surface area (TPSA) is 88.2 Å². The molecule has 0 saturated carbocycles. The van der Waals surface area contributed by atoms with Gasteiger partial charge < -0.3 is 0 Å². The second-order valence-electron chi connectivity index (χ2n) is 6.49. The molecular formula is C20H18F3N3O3S2. The van der Waals surface area contributed by atoms with Crippen molar-refractivity contribution in [2.24, 2.45) is 0 Å². The number of hydrogen-bond acceptors (Lipinski definition) is 5. The van der Waals surface area contributed by atoms with Crippen molar-refractivity contribution >= 4 is 32.4 Å². The van der Waals surface area contributed by atoms with E-state index in [-0.39, 0.29) is 28.6 Å². The van der Waals surface area contributed by atoms with E-state index in [0.717, 1.165) is 23.5 Å². The number of anilines is 1. The molecule has 0 unspecified atom stereocenters. The Morgan fingerprint density at radius 2 is 1.87 bits per heavy atom. The van der Waals surface area contributed by atoms with Gasteiger partial charge in [0.15, 0.2) is 5.13 Å². The Morgan fingerprint density at radius 3 is 2.58 bits per heavy atom. The van der Waals surface area contributed by atoms with Gasteiger partial charge in [-0.1, -0.05) is 31.2 Å². The minimum Gasteiger partial charge on any atom is -0.298 e. The van der Waals surface area contributed by atoms with Gasteiger partial charge in [0.25, 0.3) is 5.91 Å². The number of sulfonamides is 1. The number of nitrogens with one attached hydrogen (secondary N) is 2. The Labute approximate surface area is 181 Å². The second kappa shape index (κ2) is 9.16. The number of carbonyl (C=O) groups excluding carboxylic acids is 1. The number of rotatable bonds is 7. The maximum Gasteiger partial charge on any atom is 0.416 e. The van der Waals surface area contributed by atoms with E-state index in [4.69, 9.17) is 0 Å². The fraction of sp³-hybridized carbons (Fsp3) is 0.200. The minimum atomic E-state index is -4.42. The van der Waals surface area contributed by atoms with Crippen molar-refractivity contribution in [1.82, 2.24) is 9.71 Å². The van der Waals surface area contributed by atoms with Crippen molar-refractivity contribution in [2.45, 2.75) is 24.4 Å². The molecule has 0 aliphatic carbocycles. The van der Waals surface area contributed by atoms with Gasteiger partial charge in [-0.3, -0.25) is 10.1 Å². The van der Waals surface area contributed by atoms with E-state index < -0.39 is 27.7 Å². The fourth-order valence-corrected chi connectivity index (χ4v) is 4.68. The molecule has 164 valence electrons. The van der Waals surface area contributed by atoms with Crippen LogP contribution in [0.4, 0.5) is 18.3 Å². The molecule has 2 aromatic carbocycles. The van der Waals surface area contributed by atoms with Crippen LogP contribution in [-0.4, -0.2) is 25.9 Å². The molecule has 0 aliphatic rings. The van der Waals surface area contributed by atoms with Crippen LogP contribution >= 0.6 is 11.3 Å². The molecule has 1 amide bonds. The molecule has 0 aliphatic heterocycles. The first-order valence-corrected chi connectivity index (χ1v) is 11.4. The molecule has 1 aromatic heterocycles. The van der Waals surface area contributed by atoms with Crippen LogP contribution in [0.15, 0.2) is 59.6 Å². The first-order valence-electron chi connectivity index (χ1n) is 9.10. The Hall–Kier alpha value is -2.76. The summed E-state index contributed by atoms with van der Waals surface area (Å²) in [4.78, 5) is 17.2. The van der Waals surface area contributed by atoms with Crippen LogP contribution in [0.2, 0.25) is 0 Å². The molecule has 0 spiro atoms. The summed E-state index contributed by atoms with van der Waals surface area (Å²) in [6, 6.07) is 10.6. The highest BCUT2D eigenvalue weighted by Crippen LogP contribution is 2.30. The van der Waals surface area contributed by atoms with Crippen LogP contribution < -0.4 is 10.0 Å². The molecule has 0 bridgehead atoms. The van der Waals surface area contributed by atoms with Crippen LogP contribution in [0.5, 0.6) is 0 Å². The normalized spacial score (nSPS) is 12.0. The summed E-state index contributed by atoms with van der Waals surface area (Å²) < 4.78 is 65.1. The minimum absolute atomic E-state index is 0.0358. The average molecular weight is 470 g/mol. The van der Waals surface area contributed by atoms with Crippen LogP contribution in [0.3, 0.4) is 0 Å². The zero-order chi connectivity index (χ0) is 22.6. The predicted molar refractivity (Wildman–Crippen MR) is 112 cm³/mol. The lowest BCUT2D eigenvalue weighted by Gasteiger charge is -2.08. The van der Waals surface area contributed by atoms with Crippen molar-refractivity contribution in [2.75, 3.05) is 11.9 Å². The van der Waals surface area contributed by atoms with E-state index in [9.17, 15) is 26.4 Å². The van der Waals surface area contributed by atoms with Gasteiger partial charge in [0, 0.05) is 29.6 Å². The van der Waals surface area contributed by atoms with Gasteiger partial charge in [0.1, 0.15) is 0 Å². The molecule has 3 aromatic rings. The van der Waals surface area contributed by atoms with E-state index in [1.807, 2.05) is 0 Å². The maximum absolute atomic E-state index is 12.9. The van der Waals surface area contributed by atoms with E-state index in [0.29, 0.717) is 10.4 Å². The first kappa shape index (κ1) is 22.9. The van der Waals surface area contributed by atoms with Gasteiger partial charge in [-0.05, 0) is 29.8 Å². The fourth-order valence-electron chi connectivity index (χ4n) is 2.75. The summed E-state index contributed by atoms with van der Waals surface area (Å²) in [5, 5.41) is 2.84. The predicted octanol–water partition coefficient (Wildman–Crippen LogP) is 4.30. The molecule has 31 heavy (non-hydrogen) atoms. The van der Waals surface area contributed by atoms with Gasteiger partial charge in [-0.15, -0.1) is 11.3 Å². The van der Waals surface area contributed by atoms with Crippen LogP contribution in [0.1, 0.15) is 33.3 Å². The molecule has 1 heterocycles. The number of alkyl halides is 3. The summed E-state index contributed by atoms with van der Waals surface area (Å²) in [7, 11) is -3.71. The SMILES string of the molecule is CCNS(=O)(=O)c1cccc(C(=O)Nc2ncc(Cc3cccc(C(F)(F)F)c3)s2)c1. The molecular weight excluding hydrogens is 451 g/mol. The Morgan fingerprint density at radius 1 is 1.13 bits per heavy atom. The molecule has 6 nitrogen and oxygen atoms in total. The van der Waals surface area contributed by atoms with E-state index in [2.05, 4.69) is 15.0 Å². The van der Waals surface area contributed by atoms with Crippen LogP contribution in [0.25, 0.3) is 0 Å². The molecule has 0 radical (unpaired) electrons. The third-order valence-corrected chi connectivity index (χ3v) is 6.60. The van der Waals surface area contributed by atoms with Crippen molar-refractivity contribution in [3.8, 4) is 0 Å². The Bertz CT molecular complexity index is 1190. The maximum atomic E-state index is 12.9. The first-order chi connectivity index (χ1) is 14.6. The smallest absolute Gasteiger partial charge is 0.298 e. The van der Waals surface area contributed by atoms with Crippen molar-refractivity contribution < 1.29 is 26.4 Å². The molecule has 0 fully saturated rings. The van der Waals surface area contributed by atoms with Gasteiger partial charge in [0.2, 0.25) is 10.0 Å². The number of halogens is 3. The van der Waals surface area contributed by atoms with Crippen LogP contribution in [-0.2, 0) is 22.6 Å². The zero-order valence-electron chi connectivity index (χ0n) is 16.2. The summed E-state index contributed by atoms with van der Waals surface area (Å²) in [6.07, 6.45) is -2.71. The summed E-state index contributed by atoms with van der Waals surface area (Å²) >= 11 is 1.13. The summed E-state index contributed by atoms with van der Waals surface area (Å²) in [6.45, 7) is 1.86. The lowest BCUT2D eigenvalue weighted by molar-refractivity contribution is -0.137.